The van der Waals surface area contributed by atoms with E-state index in [0.29, 0.717) is 0 Å². The first kappa shape index (κ1) is 26.8. The van der Waals surface area contributed by atoms with E-state index in [1.54, 1.807) is 0 Å². The van der Waals surface area contributed by atoms with Gasteiger partial charge in [-0.05, 0) is 113 Å². The lowest BCUT2D eigenvalue weighted by Gasteiger charge is -2.52. The highest BCUT2D eigenvalue weighted by Gasteiger charge is 2.48. The molecule has 3 aliphatic carbocycles. The van der Waals surface area contributed by atoms with Gasteiger partial charge in [-0.3, -0.25) is 0 Å². The molecule has 48 heavy (non-hydrogen) atoms. The molecule has 0 N–H and O–H groups in total. The molecule has 0 radical (unpaired) electrons. The van der Waals surface area contributed by atoms with Crippen LogP contribution in [-0.4, -0.2) is 11.3 Å². The van der Waals surface area contributed by atoms with Crippen molar-refractivity contribution < 1.29 is 9.47 Å². The Morgan fingerprint density at radius 2 is 1.02 bits per heavy atom. The molecule has 1 saturated carbocycles. The number of rotatable bonds is 2. The van der Waals surface area contributed by atoms with Crippen molar-refractivity contribution >= 4 is 44.9 Å². The Bertz CT molecular complexity index is 2390. The number of benzene rings is 6. The van der Waals surface area contributed by atoms with E-state index in [2.05, 4.69) is 140 Å². The molecule has 7 aromatic rings. The lowest BCUT2D eigenvalue weighted by Crippen LogP contribution is -2.57. The molecule has 0 atom stereocenters. The maximum absolute atomic E-state index is 6.78. The van der Waals surface area contributed by atoms with Crippen molar-refractivity contribution in [1.29, 1.82) is 0 Å². The van der Waals surface area contributed by atoms with Crippen LogP contribution < -0.4 is 25.9 Å². The zero-order chi connectivity index (χ0) is 31.8. The first-order valence-electron chi connectivity index (χ1n) is 17.4. The predicted molar refractivity (Wildman–Crippen MR) is 197 cm³/mol. The SMILES string of the molecule is CC12CCC(C)(CC1)c1cc(-n3c4ccccc4c4ccccc43)c(-c3cc4c5c(c3)Oc3ccccc3B5c3ccccc3O4)cc12. The molecule has 1 aromatic heterocycles. The molecule has 2 aliphatic heterocycles. The van der Waals surface area contributed by atoms with Gasteiger partial charge in [0, 0.05) is 21.8 Å². The van der Waals surface area contributed by atoms with Gasteiger partial charge in [0.2, 0.25) is 0 Å². The predicted octanol–water partition coefficient (Wildman–Crippen LogP) is 9.28. The summed E-state index contributed by atoms with van der Waals surface area (Å²) in [5.41, 5.74) is 12.9. The van der Waals surface area contributed by atoms with E-state index >= 15 is 0 Å². The van der Waals surface area contributed by atoms with Gasteiger partial charge >= 0.3 is 0 Å². The van der Waals surface area contributed by atoms with E-state index in [4.69, 9.17) is 9.47 Å². The average Bonchev–Trinajstić information content (AvgIpc) is 3.46. The summed E-state index contributed by atoms with van der Waals surface area (Å²) >= 11 is 0. The fraction of sp³-hybridized carbons (Fsp3) is 0.182. The highest BCUT2D eigenvalue weighted by molar-refractivity contribution is 6.98. The smallest absolute Gasteiger partial charge is 0.260 e. The van der Waals surface area contributed by atoms with Gasteiger partial charge in [-0.1, -0.05) is 86.6 Å². The Kier molecular flexibility index (Phi) is 5.15. The van der Waals surface area contributed by atoms with Crippen LogP contribution in [0.2, 0.25) is 0 Å². The second-order valence-corrected chi connectivity index (χ2v) is 15.0. The topological polar surface area (TPSA) is 23.4 Å². The van der Waals surface area contributed by atoms with Crippen molar-refractivity contribution in [3.05, 3.63) is 132 Å². The van der Waals surface area contributed by atoms with Crippen LogP contribution in [0.1, 0.15) is 50.7 Å². The summed E-state index contributed by atoms with van der Waals surface area (Å²) in [5, 5.41) is 2.56. The molecule has 230 valence electrons. The summed E-state index contributed by atoms with van der Waals surface area (Å²) in [6, 6.07) is 44.3. The van der Waals surface area contributed by atoms with Crippen molar-refractivity contribution in [2.75, 3.05) is 0 Å². The van der Waals surface area contributed by atoms with Crippen molar-refractivity contribution in [3.8, 4) is 39.8 Å². The summed E-state index contributed by atoms with van der Waals surface area (Å²) in [4.78, 5) is 0. The molecule has 0 spiro atoms. The van der Waals surface area contributed by atoms with Gasteiger partial charge in [0.05, 0.1) is 16.7 Å². The number of hydrogen-bond donors (Lipinski definition) is 0. The summed E-state index contributed by atoms with van der Waals surface area (Å²) in [7, 11) is 0. The van der Waals surface area contributed by atoms with Crippen molar-refractivity contribution in [2.24, 2.45) is 0 Å². The minimum Gasteiger partial charge on any atom is -0.458 e. The molecule has 1 fully saturated rings. The van der Waals surface area contributed by atoms with Crippen LogP contribution in [0.4, 0.5) is 0 Å². The molecule has 12 rings (SSSR count). The number of para-hydroxylation sites is 4. The molecular formula is C44H34BNO2. The van der Waals surface area contributed by atoms with Crippen LogP contribution in [0.25, 0.3) is 38.6 Å². The Hall–Kier alpha value is -5.22. The van der Waals surface area contributed by atoms with Crippen LogP contribution in [0.5, 0.6) is 23.0 Å². The molecule has 5 aliphatic rings. The fourth-order valence-electron chi connectivity index (χ4n) is 9.63. The van der Waals surface area contributed by atoms with Crippen LogP contribution in [0.15, 0.2) is 121 Å². The number of aromatic nitrogens is 1. The quantitative estimate of drug-likeness (QED) is 0.180. The van der Waals surface area contributed by atoms with Crippen LogP contribution in [0.3, 0.4) is 0 Å². The molecule has 0 amide bonds. The Balaban J connectivity index is 1.23. The molecular weight excluding hydrogens is 585 g/mol. The largest absolute Gasteiger partial charge is 0.458 e. The van der Waals surface area contributed by atoms with Gasteiger partial charge in [0.1, 0.15) is 23.0 Å². The van der Waals surface area contributed by atoms with Gasteiger partial charge < -0.3 is 14.0 Å². The molecule has 3 nitrogen and oxygen atoms in total. The number of fused-ring (bicyclic) bond motifs is 9. The zero-order valence-corrected chi connectivity index (χ0v) is 27.2. The van der Waals surface area contributed by atoms with E-state index in [9.17, 15) is 0 Å². The lowest BCUT2D eigenvalue weighted by atomic mass is 9.35. The van der Waals surface area contributed by atoms with E-state index < -0.39 is 0 Å². The highest BCUT2D eigenvalue weighted by Crippen LogP contribution is 2.58. The minimum atomic E-state index is 0.0638. The first-order valence-corrected chi connectivity index (χ1v) is 17.4. The lowest BCUT2D eigenvalue weighted by molar-refractivity contribution is 0.188. The van der Waals surface area contributed by atoms with E-state index in [1.807, 2.05) is 0 Å². The third-order valence-corrected chi connectivity index (χ3v) is 12.3. The molecule has 4 heteroatoms. The van der Waals surface area contributed by atoms with Gasteiger partial charge in [-0.15, -0.1) is 0 Å². The third-order valence-electron chi connectivity index (χ3n) is 12.3. The maximum Gasteiger partial charge on any atom is 0.260 e. The Morgan fingerprint density at radius 3 is 1.58 bits per heavy atom. The van der Waals surface area contributed by atoms with Crippen LogP contribution in [0, 0.1) is 0 Å². The molecule has 2 bridgehead atoms. The summed E-state index contributed by atoms with van der Waals surface area (Å²) in [6.45, 7) is 5.06. The van der Waals surface area contributed by atoms with E-state index in [-0.39, 0.29) is 17.5 Å². The van der Waals surface area contributed by atoms with E-state index in [1.165, 1.54) is 80.8 Å². The van der Waals surface area contributed by atoms with E-state index in [0.717, 1.165) is 34.0 Å². The first-order chi connectivity index (χ1) is 23.5. The molecule has 0 unspecified atom stereocenters. The summed E-state index contributed by atoms with van der Waals surface area (Å²) < 4.78 is 16.1. The third kappa shape index (κ3) is 3.45. The number of ether oxygens (including phenoxy) is 2. The van der Waals surface area contributed by atoms with Gasteiger partial charge in [0.15, 0.2) is 0 Å². The van der Waals surface area contributed by atoms with Crippen molar-refractivity contribution in [1.82, 2.24) is 4.57 Å². The van der Waals surface area contributed by atoms with Crippen LogP contribution >= 0.6 is 0 Å². The van der Waals surface area contributed by atoms with Gasteiger partial charge in [-0.2, -0.15) is 0 Å². The Morgan fingerprint density at radius 1 is 0.542 bits per heavy atom. The standard InChI is InChI=1S/C44H34BNO2/c1-43-19-21-44(2,22-20-43)32-26-37(46-35-15-7-3-11-28(35)29-12-4-8-16-36(29)46)30(25-31(32)43)27-23-40-42-41(24-27)48-39-18-10-6-14-34(39)45(42)33-13-5-9-17-38(33)47-40/h3-18,23-26H,19-22H2,1-2H3. The van der Waals surface area contributed by atoms with Gasteiger partial charge in [-0.25, -0.2) is 0 Å². The molecule has 3 heterocycles. The van der Waals surface area contributed by atoms with Gasteiger partial charge in [0.25, 0.3) is 6.71 Å². The fourth-order valence-corrected chi connectivity index (χ4v) is 9.63. The number of hydrogen-bond acceptors (Lipinski definition) is 2. The minimum absolute atomic E-state index is 0.0638. The maximum atomic E-state index is 6.78. The zero-order valence-electron chi connectivity index (χ0n) is 27.2. The summed E-state index contributed by atoms with van der Waals surface area (Å²) in [6.07, 6.45) is 4.96. The summed E-state index contributed by atoms with van der Waals surface area (Å²) in [5.74, 6) is 3.60. The van der Waals surface area contributed by atoms with Crippen LogP contribution in [-0.2, 0) is 10.8 Å². The average molecular weight is 620 g/mol. The monoisotopic (exact) mass is 619 g/mol. The second kappa shape index (κ2) is 9.23. The van der Waals surface area contributed by atoms with Crippen molar-refractivity contribution in [2.45, 2.75) is 50.4 Å². The number of nitrogens with zero attached hydrogens (tertiary/aromatic N) is 1. The molecule has 6 aromatic carbocycles. The Labute approximate surface area is 280 Å². The second-order valence-electron chi connectivity index (χ2n) is 15.0. The highest BCUT2D eigenvalue weighted by atomic mass is 16.5. The molecule has 0 saturated heterocycles. The van der Waals surface area contributed by atoms with Crippen molar-refractivity contribution in [3.63, 3.8) is 0 Å². The normalized spacial score (nSPS) is 21.2.